The van der Waals surface area contributed by atoms with Crippen LogP contribution in [0.2, 0.25) is 0 Å². The molecule has 4 rings (SSSR count). The molecule has 198 valence electrons. The lowest BCUT2D eigenvalue weighted by atomic mass is 9.85. The molecule has 5 N–H and O–H groups in total. The topological polar surface area (TPSA) is 163 Å². The number of likely N-dealkylation sites (tertiary alicyclic amines) is 1. The number of piperidine rings is 1. The van der Waals surface area contributed by atoms with E-state index in [-0.39, 0.29) is 36.7 Å². The van der Waals surface area contributed by atoms with Gasteiger partial charge in [-0.05, 0) is 80.8 Å². The Morgan fingerprint density at radius 3 is 2.51 bits per heavy atom. The molecule has 1 amide bonds. The minimum atomic E-state index is -0.833. The summed E-state index contributed by atoms with van der Waals surface area (Å²) in [4.78, 5) is 30.6. The maximum Gasteiger partial charge on any atom is 0.300 e. The number of aliphatic hydroxyl groups is 2. The minimum Gasteiger partial charge on any atom is -0.481 e. The summed E-state index contributed by atoms with van der Waals surface area (Å²) in [6.45, 7) is 2.71. The normalized spacial score (nSPS) is 16.4. The third-order valence-electron chi connectivity index (χ3n) is 6.78. The molecule has 1 fully saturated rings. The molecule has 2 aliphatic rings. The summed E-state index contributed by atoms with van der Waals surface area (Å²) in [5, 5.41) is 38.3. The fourth-order valence-electron chi connectivity index (χ4n) is 4.83. The van der Waals surface area contributed by atoms with Crippen molar-refractivity contribution in [3.05, 3.63) is 53.1 Å². The number of carboxylic acids is 1. The summed E-state index contributed by atoms with van der Waals surface area (Å²) >= 11 is 0. The number of aliphatic hydroxyl groups excluding tert-OH is 2. The summed E-state index contributed by atoms with van der Waals surface area (Å²) in [5.41, 5.74) is 4.57. The second kappa shape index (κ2) is 13.7. The van der Waals surface area contributed by atoms with Gasteiger partial charge in [-0.1, -0.05) is 12.1 Å². The summed E-state index contributed by atoms with van der Waals surface area (Å²) in [5.74, 6) is -0.682. The van der Waals surface area contributed by atoms with E-state index in [1.807, 2.05) is 12.1 Å². The predicted molar refractivity (Wildman–Crippen MR) is 139 cm³/mol. The van der Waals surface area contributed by atoms with Crippen molar-refractivity contribution in [2.45, 2.75) is 57.4 Å². The standard InChI is InChI=1S/C25H31N5O3.C2H4O2/c26-13-20-14-27-24(28-20)25(33)29-23-7-6-19(12-22(23)18-4-2-1-3-5-18)17-8-10-30(11-9-17)21(15-31)16-32;1-2(3)4/h4,6-7,12,14,17,21,31-32H,1-3,5,8-11,15-16H2,(H,27,28)(H,29,33);1H3,(H,3,4). The molecule has 37 heavy (non-hydrogen) atoms. The van der Waals surface area contributed by atoms with E-state index in [0.717, 1.165) is 63.4 Å². The van der Waals surface area contributed by atoms with Crippen LogP contribution >= 0.6 is 0 Å². The number of nitrogens with zero attached hydrogens (tertiary/aromatic N) is 3. The first kappa shape index (κ1) is 28.1. The maximum atomic E-state index is 12.7. The van der Waals surface area contributed by atoms with Gasteiger partial charge in [0, 0.05) is 18.2 Å². The fraction of sp³-hybridized carbons (Fsp3) is 0.481. The molecule has 1 saturated heterocycles. The molecule has 0 atom stereocenters. The number of anilines is 1. The zero-order valence-corrected chi connectivity index (χ0v) is 21.1. The Morgan fingerprint density at radius 1 is 1.24 bits per heavy atom. The van der Waals surface area contributed by atoms with Gasteiger partial charge in [0.1, 0.15) is 11.8 Å². The molecular formula is C27H35N5O5. The highest BCUT2D eigenvalue weighted by molar-refractivity contribution is 6.03. The van der Waals surface area contributed by atoms with Crippen LogP contribution in [-0.2, 0) is 4.79 Å². The second-order valence-electron chi connectivity index (χ2n) is 9.34. The van der Waals surface area contributed by atoms with E-state index >= 15 is 0 Å². The number of allylic oxidation sites excluding steroid dienone is 2. The van der Waals surface area contributed by atoms with Crippen molar-refractivity contribution in [2.75, 3.05) is 31.6 Å². The number of carbonyl (C=O) groups is 2. The van der Waals surface area contributed by atoms with Crippen molar-refractivity contribution in [3.63, 3.8) is 0 Å². The Hall–Kier alpha value is -3.52. The van der Waals surface area contributed by atoms with Crippen molar-refractivity contribution in [1.82, 2.24) is 14.9 Å². The molecule has 0 bridgehead atoms. The van der Waals surface area contributed by atoms with Gasteiger partial charge < -0.3 is 25.6 Å². The average molecular weight is 510 g/mol. The van der Waals surface area contributed by atoms with Gasteiger partial charge in [-0.15, -0.1) is 0 Å². The quantitative estimate of drug-likeness (QED) is 0.380. The summed E-state index contributed by atoms with van der Waals surface area (Å²) in [6, 6.07) is 8.04. The smallest absolute Gasteiger partial charge is 0.300 e. The van der Waals surface area contributed by atoms with E-state index in [0.29, 0.717) is 5.92 Å². The van der Waals surface area contributed by atoms with Crippen LogP contribution in [0.4, 0.5) is 5.69 Å². The number of nitriles is 1. The number of nitrogens with one attached hydrogen (secondary N) is 2. The number of benzene rings is 1. The predicted octanol–water partition coefficient (Wildman–Crippen LogP) is 3.11. The number of aromatic amines is 1. The summed E-state index contributed by atoms with van der Waals surface area (Å²) < 4.78 is 0. The highest BCUT2D eigenvalue weighted by Crippen LogP contribution is 2.36. The second-order valence-corrected chi connectivity index (χ2v) is 9.34. The molecular weight excluding hydrogens is 474 g/mol. The molecule has 0 spiro atoms. The number of aromatic nitrogens is 2. The lowest BCUT2D eigenvalue weighted by molar-refractivity contribution is -0.134. The number of carbonyl (C=O) groups excluding carboxylic acids is 1. The molecule has 0 radical (unpaired) electrons. The van der Waals surface area contributed by atoms with Crippen molar-refractivity contribution in [2.24, 2.45) is 0 Å². The van der Waals surface area contributed by atoms with Crippen LogP contribution < -0.4 is 5.32 Å². The van der Waals surface area contributed by atoms with Gasteiger partial charge in [0.15, 0.2) is 5.82 Å². The van der Waals surface area contributed by atoms with E-state index in [1.165, 1.54) is 23.8 Å². The molecule has 1 aromatic heterocycles. The molecule has 0 unspecified atom stereocenters. The van der Waals surface area contributed by atoms with E-state index in [9.17, 15) is 15.0 Å². The Bertz CT molecular complexity index is 1140. The number of rotatable bonds is 7. The molecule has 2 aromatic rings. The molecule has 1 aliphatic carbocycles. The minimum absolute atomic E-state index is 0.0284. The van der Waals surface area contributed by atoms with E-state index < -0.39 is 5.97 Å². The fourth-order valence-corrected chi connectivity index (χ4v) is 4.83. The largest absolute Gasteiger partial charge is 0.481 e. The van der Waals surface area contributed by atoms with Crippen LogP contribution in [0.3, 0.4) is 0 Å². The first-order chi connectivity index (χ1) is 17.9. The average Bonchev–Trinajstić information content (AvgIpc) is 3.40. The number of aliphatic carboxylic acids is 1. The third-order valence-corrected chi connectivity index (χ3v) is 6.78. The van der Waals surface area contributed by atoms with Gasteiger partial charge in [-0.3, -0.25) is 14.5 Å². The summed E-state index contributed by atoms with van der Waals surface area (Å²) in [6.07, 6.45) is 9.89. The first-order valence-electron chi connectivity index (χ1n) is 12.6. The Kier molecular flexibility index (Phi) is 10.4. The van der Waals surface area contributed by atoms with E-state index in [1.54, 1.807) is 0 Å². The Balaban J connectivity index is 0.000000886. The van der Waals surface area contributed by atoms with Crippen LogP contribution in [0.15, 0.2) is 30.5 Å². The molecule has 1 aliphatic heterocycles. The Labute approximate surface area is 216 Å². The lowest BCUT2D eigenvalue weighted by Crippen LogP contribution is -2.44. The SMILES string of the molecule is CC(=O)O.N#Cc1cnc(C(=O)Nc2ccc(C3CCN(C(CO)CO)CC3)cc2C2=CCCCC2)[nH]1. The highest BCUT2D eigenvalue weighted by Gasteiger charge is 2.26. The van der Waals surface area contributed by atoms with Gasteiger partial charge in [0.2, 0.25) is 0 Å². The number of hydrogen-bond acceptors (Lipinski definition) is 7. The van der Waals surface area contributed by atoms with Gasteiger partial charge >= 0.3 is 0 Å². The molecule has 2 heterocycles. The summed E-state index contributed by atoms with van der Waals surface area (Å²) in [7, 11) is 0. The van der Waals surface area contributed by atoms with Gasteiger partial charge in [-0.2, -0.15) is 5.26 Å². The van der Waals surface area contributed by atoms with Crippen LogP contribution in [0.1, 0.15) is 78.8 Å². The number of carboxylic acid groups (broad SMARTS) is 1. The zero-order chi connectivity index (χ0) is 26.8. The monoisotopic (exact) mass is 509 g/mol. The number of hydrogen-bond donors (Lipinski definition) is 5. The lowest BCUT2D eigenvalue weighted by Gasteiger charge is -2.36. The molecule has 1 aromatic carbocycles. The molecule has 10 nitrogen and oxygen atoms in total. The van der Waals surface area contributed by atoms with Crippen molar-refractivity contribution in [1.29, 1.82) is 5.26 Å². The Morgan fingerprint density at radius 2 is 1.95 bits per heavy atom. The van der Waals surface area contributed by atoms with Crippen molar-refractivity contribution in [3.8, 4) is 6.07 Å². The number of imidazole rings is 1. The number of amides is 1. The zero-order valence-electron chi connectivity index (χ0n) is 21.1. The maximum absolute atomic E-state index is 12.7. The first-order valence-corrected chi connectivity index (χ1v) is 12.6. The third kappa shape index (κ3) is 7.73. The van der Waals surface area contributed by atoms with Crippen LogP contribution in [0, 0.1) is 11.3 Å². The van der Waals surface area contributed by atoms with Gasteiger partial charge in [-0.25, -0.2) is 4.98 Å². The van der Waals surface area contributed by atoms with Gasteiger partial charge in [0.25, 0.3) is 11.9 Å². The molecule has 10 heteroatoms. The van der Waals surface area contributed by atoms with E-state index in [2.05, 4.69) is 38.4 Å². The van der Waals surface area contributed by atoms with Crippen molar-refractivity contribution >= 4 is 23.1 Å². The molecule has 0 saturated carbocycles. The number of H-pyrrole nitrogens is 1. The van der Waals surface area contributed by atoms with Crippen molar-refractivity contribution < 1.29 is 24.9 Å². The van der Waals surface area contributed by atoms with Crippen LogP contribution in [0.25, 0.3) is 5.57 Å². The van der Waals surface area contributed by atoms with Crippen LogP contribution in [-0.4, -0.2) is 74.4 Å². The van der Waals surface area contributed by atoms with Crippen LogP contribution in [0.5, 0.6) is 0 Å². The van der Waals surface area contributed by atoms with E-state index in [4.69, 9.17) is 15.2 Å². The van der Waals surface area contributed by atoms with Gasteiger partial charge in [0.05, 0.1) is 25.5 Å². The highest BCUT2D eigenvalue weighted by atomic mass is 16.4.